The van der Waals surface area contributed by atoms with Crippen LogP contribution in [0.2, 0.25) is 5.15 Å². The molecule has 0 atom stereocenters. The molecule has 0 fully saturated rings. The number of nitriles is 1. The molecule has 0 aliphatic carbocycles. The van der Waals surface area contributed by atoms with Crippen molar-refractivity contribution in [2.45, 2.75) is 0 Å². The number of nitrogens with two attached hydrogens (primary N) is 1. The van der Waals surface area contributed by atoms with Crippen molar-refractivity contribution in [3.8, 4) is 33.5 Å². The summed E-state index contributed by atoms with van der Waals surface area (Å²) in [5.74, 6) is 0.283. The smallest absolute Gasteiger partial charge is 0.186 e. The van der Waals surface area contributed by atoms with Crippen molar-refractivity contribution >= 4 is 33.9 Å². The molecule has 3 rings (SSSR count). The number of halogens is 1. The second-order valence-corrected chi connectivity index (χ2v) is 6.82. The quantitative estimate of drug-likeness (QED) is 0.727. The summed E-state index contributed by atoms with van der Waals surface area (Å²) in [6, 6.07) is 10.4. The summed E-state index contributed by atoms with van der Waals surface area (Å²) < 4.78 is 0. The maximum Gasteiger partial charge on any atom is 0.186 e. The van der Waals surface area contributed by atoms with Gasteiger partial charge in [0.2, 0.25) is 0 Å². The lowest BCUT2D eigenvalue weighted by molar-refractivity contribution is 0.475. The number of aromatic hydroxyl groups is 1. The number of anilines is 2. The first kappa shape index (κ1) is 17.0. The van der Waals surface area contributed by atoms with E-state index < -0.39 is 0 Å². The third-order valence-corrected chi connectivity index (χ3v) is 5.17. The Balaban J connectivity index is 2.22. The Labute approximate surface area is 153 Å². The van der Waals surface area contributed by atoms with Crippen LogP contribution in [0.25, 0.3) is 21.7 Å². The maximum atomic E-state index is 9.49. The molecule has 1 aromatic carbocycles. The van der Waals surface area contributed by atoms with Gasteiger partial charge in [0.1, 0.15) is 28.4 Å². The highest BCUT2D eigenvalue weighted by atomic mass is 35.5. The standard InChI is InChI=1S/C17H14ClN5OS/c1-23(2)17-22-15(18)14(25-17)11-7-13(21-16(20)12(11)8-19)9-3-5-10(24)6-4-9/h3-7,24H,1-2H3,(H2,20,21). The first-order valence-electron chi connectivity index (χ1n) is 7.24. The average molecular weight is 372 g/mol. The molecule has 126 valence electrons. The molecule has 0 unspecified atom stereocenters. The Morgan fingerprint density at radius 3 is 2.48 bits per heavy atom. The zero-order valence-corrected chi connectivity index (χ0v) is 15.1. The number of benzene rings is 1. The molecule has 0 aliphatic rings. The molecular formula is C17H14ClN5OS. The van der Waals surface area contributed by atoms with Gasteiger partial charge >= 0.3 is 0 Å². The van der Waals surface area contributed by atoms with Gasteiger partial charge in [0.05, 0.1) is 10.6 Å². The van der Waals surface area contributed by atoms with E-state index in [1.165, 1.54) is 11.3 Å². The maximum absolute atomic E-state index is 9.49. The predicted octanol–water partition coefficient (Wildman–Crippen LogP) is 3.75. The van der Waals surface area contributed by atoms with E-state index in [4.69, 9.17) is 17.3 Å². The van der Waals surface area contributed by atoms with Gasteiger partial charge < -0.3 is 15.7 Å². The molecule has 2 aromatic heterocycles. The second-order valence-electron chi connectivity index (χ2n) is 5.48. The molecule has 0 spiro atoms. The van der Waals surface area contributed by atoms with Gasteiger partial charge in [-0.05, 0) is 30.3 Å². The van der Waals surface area contributed by atoms with Gasteiger partial charge in [0.15, 0.2) is 5.13 Å². The zero-order valence-electron chi connectivity index (χ0n) is 13.5. The Bertz CT molecular complexity index is 976. The summed E-state index contributed by atoms with van der Waals surface area (Å²) in [5, 5.41) is 20.0. The molecule has 0 radical (unpaired) electrons. The van der Waals surface area contributed by atoms with Gasteiger partial charge in [-0.2, -0.15) is 5.26 Å². The van der Waals surface area contributed by atoms with Crippen molar-refractivity contribution in [2.24, 2.45) is 0 Å². The van der Waals surface area contributed by atoms with Crippen molar-refractivity contribution in [3.63, 3.8) is 0 Å². The molecule has 6 nitrogen and oxygen atoms in total. The van der Waals surface area contributed by atoms with Crippen LogP contribution in [-0.2, 0) is 0 Å². The van der Waals surface area contributed by atoms with Crippen LogP contribution in [-0.4, -0.2) is 29.2 Å². The molecule has 3 N–H and O–H groups in total. The van der Waals surface area contributed by atoms with Gasteiger partial charge in [-0.3, -0.25) is 0 Å². The highest BCUT2D eigenvalue weighted by Gasteiger charge is 2.19. The highest BCUT2D eigenvalue weighted by Crippen LogP contribution is 2.41. The van der Waals surface area contributed by atoms with Gasteiger partial charge in [-0.1, -0.05) is 22.9 Å². The number of phenols is 1. The van der Waals surface area contributed by atoms with Crippen LogP contribution in [0.4, 0.5) is 10.9 Å². The van der Waals surface area contributed by atoms with Crippen molar-refractivity contribution < 1.29 is 5.11 Å². The lowest BCUT2D eigenvalue weighted by Gasteiger charge is -2.09. The summed E-state index contributed by atoms with van der Waals surface area (Å²) in [5.41, 5.74) is 8.21. The summed E-state index contributed by atoms with van der Waals surface area (Å²) in [4.78, 5) is 11.1. The minimum absolute atomic E-state index is 0.124. The van der Waals surface area contributed by atoms with Crippen LogP contribution in [0.3, 0.4) is 0 Å². The minimum Gasteiger partial charge on any atom is -0.508 e. The summed E-state index contributed by atoms with van der Waals surface area (Å²) >= 11 is 7.67. The van der Waals surface area contributed by atoms with E-state index in [0.29, 0.717) is 21.3 Å². The fourth-order valence-corrected chi connectivity index (χ4v) is 3.54. The number of rotatable bonds is 3. The lowest BCUT2D eigenvalue weighted by Crippen LogP contribution is -2.07. The van der Waals surface area contributed by atoms with Crippen molar-refractivity contribution in [2.75, 3.05) is 24.7 Å². The highest BCUT2D eigenvalue weighted by molar-refractivity contribution is 7.19. The first-order chi connectivity index (χ1) is 11.9. The first-order valence-corrected chi connectivity index (χ1v) is 8.44. The molecular weight excluding hydrogens is 358 g/mol. The molecule has 25 heavy (non-hydrogen) atoms. The van der Waals surface area contributed by atoms with E-state index in [0.717, 1.165) is 10.7 Å². The summed E-state index contributed by atoms with van der Waals surface area (Å²) in [6.07, 6.45) is 0. The van der Waals surface area contributed by atoms with Crippen molar-refractivity contribution in [3.05, 3.63) is 41.0 Å². The zero-order chi connectivity index (χ0) is 18.1. The minimum atomic E-state index is 0.124. The molecule has 0 amide bonds. The van der Waals surface area contributed by atoms with Gasteiger partial charge in [0.25, 0.3) is 0 Å². The molecule has 0 bridgehead atoms. The number of nitrogen functional groups attached to an aromatic ring is 1. The normalized spacial score (nSPS) is 10.5. The van der Waals surface area contributed by atoms with Gasteiger partial charge in [-0.25, -0.2) is 9.97 Å². The van der Waals surface area contributed by atoms with Crippen molar-refractivity contribution in [1.82, 2.24) is 9.97 Å². The van der Waals surface area contributed by atoms with Gasteiger partial charge in [-0.15, -0.1) is 0 Å². The van der Waals surface area contributed by atoms with E-state index in [1.807, 2.05) is 19.0 Å². The SMILES string of the molecule is CN(C)c1nc(Cl)c(-c2cc(-c3ccc(O)cc3)nc(N)c2C#N)s1. The molecule has 0 saturated carbocycles. The Morgan fingerprint density at radius 2 is 1.92 bits per heavy atom. The van der Waals surface area contributed by atoms with Crippen LogP contribution in [0.5, 0.6) is 5.75 Å². The Morgan fingerprint density at radius 1 is 1.24 bits per heavy atom. The summed E-state index contributed by atoms with van der Waals surface area (Å²) in [6.45, 7) is 0. The fraction of sp³-hybridized carbons (Fsp3) is 0.118. The monoisotopic (exact) mass is 371 g/mol. The van der Waals surface area contributed by atoms with E-state index >= 15 is 0 Å². The number of phenolic OH excluding ortho intramolecular Hbond substituents is 1. The van der Waals surface area contributed by atoms with Crippen LogP contribution in [0, 0.1) is 11.3 Å². The molecule has 0 aliphatic heterocycles. The fourth-order valence-electron chi connectivity index (χ4n) is 2.29. The number of hydrogen-bond donors (Lipinski definition) is 2. The third-order valence-electron chi connectivity index (χ3n) is 3.52. The van der Waals surface area contributed by atoms with Crippen LogP contribution < -0.4 is 10.6 Å². The van der Waals surface area contributed by atoms with E-state index in [-0.39, 0.29) is 17.1 Å². The largest absolute Gasteiger partial charge is 0.508 e. The molecule has 2 heterocycles. The number of hydrogen-bond acceptors (Lipinski definition) is 7. The number of pyridine rings is 1. The Kier molecular flexibility index (Phi) is 4.49. The van der Waals surface area contributed by atoms with Crippen LogP contribution in [0.15, 0.2) is 30.3 Å². The number of nitrogens with zero attached hydrogens (tertiary/aromatic N) is 4. The Hall–Kier alpha value is -2.82. The molecule has 0 saturated heterocycles. The summed E-state index contributed by atoms with van der Waals surface area (Å²) in [7, 11) is 3.74. The molecule has 3 aromatic rings. The van der Waals surface area contributed by atoms with Crippen molar-refractivity contribution in [1.29, 1.82) is 5.26 Å². The van der Waals surface area contributed by atoms with E-state index in [9.17, 15) is 10.4 Å². The lowest BCUT2D eigenvalue weighted by atomic mass is 10.0. The average Bonchev–Trinajstić information content (AvgIpc) is 2.97. The van der Waals surface area contributed by atoms with E-state index in [2.05, 4.69) is 16.0 Å². The third kappa shape index (κ3) is 3.22. The predicted molar refractivity (Wildman–Crippen MR) is 101 cm³/mol. The molecule has 8 heteroatoms. The van der Waals surface area contributed by atoms with Crippen LogP contribution >= 0.6 is 22.9 Å². The van der Waals surface area contributed by atoms with Crippen LogP contribution in [0.1, 0.15) is 5.56 Å². The number of thiazole rings is 1. The van der Waals surface area contributed by atoms with E-state index in [1.54, 1.807) is 30.3 Å². The number of aromatic nitrogens is 2. The van der Waals surface area contributed by atoms with Gasteiger partial charge in [0, 0.05) is 25.2 Å². The second kappa shape index (κ2) is 6.59. The topological polar surface area (TPSA) is 99.1 Å².